The zero-order valence-corrected chi connectivity index (χ0v) is 12.0. The van der Waals surface area contributed by atoms with E-state index in [0.717, 1.165) is 5.56 Å². The standard InChI is InChI=1S/C12H8Cl3N3O/c1-6-4-7(2-3-8(6)13)11(19)17-10-5-9(14)16-12(15)18-10/h2-5H,1H3,(H,16,17,18,19). The Morgan fingerprint density at radius 2 is 1.89 bits per heavy atom. The first-order valence-corrected chi connectivity index (χ1v) is 6.36. The molecule has 1 aromatic heterocycles. The predicted octanol–water partition coefficient (Wildman–Crippen LogP) is 4.00. The Hall–Kier alpha value is -1.36. The first-order chi connectivity index (χ1) is 8.95. The van der Waals surface area contributed by atoms with Crippen molar-refractivity contribution in [2.24, 2.45) is 0 Å². The molecule has 1 N–H and O–H groups in total. The average molecular weight is 317 g/mol. The first kappa shape index (κ1) is 14.1. The number of halogens is 3. The molecule has 7 heteroatoms. The van der Waals surface area contributed by atoms with E-state index in [1.165, 1.54) is 6.07 Å². The van der Waals surface area contributed by atoms with Crippen LogP contribution in [0, 0.1) is 6.92 Å². The largest absolute Gasteiger partial charge is 0.306 e. The summed E-state index contributed by atoms with van der Waals surface area (Å²) < 4.78 is 0. The van der Waals surface area contributed by atoms with E-state index in [2.05, 4.69) is 15.3 Å². The van der Waals surface area contributed by atoms with Gasteiger partial charge in [-0.3, -0.25) is 4.79 Å². The number of aryl methyl sites for hydroxylation is 1. The van der Waals surface area contributed by atoms with Crippen LogP contribution in [0.2, 0.25) is 15.5 Å². The van der Waals surface area contributed by atoms with Gasteiger partial charge in [0, 0.05) is 16.7 Å². The molecule has 0 saturated carbocycles. The van der Waals surface area contributed by atoms with Gasteiger partial charge in [-0.05, 0) is 42.3 Å². The summed E-state index contributed by atoms with van der Waals surface area (Å²) in [5.74, 6) is -0.0896. The molecular formula is C12H8Cl3N3O. The first-order valence-electron chi connectivity index (χ1n) is 5.23. The summed E-state index contributed by atoms with van der Waals surface area (Å²) in [4.78, 5) is 19.5. The van der Waals surface area contributed by atoms with Crippen LogP contribution in [0.15, 0.2) is 24.3 Å². The number of benzene rings is 1. The van der Waals surface area contributed by atoms with Gasteiger partial charge in [-0.2, -0.15) is 0 Å². The number of carbonyl (C=O) groups is 1. The van der Waals surface area contributed by atoms with Gasteiger partial charge in [0.25, 0.3) is 5.91 Å². The number of amides is 1. The number of hydrogen-bond donors (Lipinski definition) is 1. The zero-order valence-electron chi connectivity index (χ0n) is 9.75. The van der Waals surface area contributed by atoms with Gasteiger partial charge in [0.1, 0.15) is 11.0 Å². The van der Waals surface area contributed by atoms with Crippen molar-refractivity contribution in [3.8, 4) is 0 Å². The van der Waals surface area contributed by atoms with Crippen LogP contribution in [0.25, 0.3) is 0 Å². The summed E-state index contributed by atoms with van der Waals surface area (Å²) in [5.41, 5.74) is 1.28. The van der Waals surface area contributed by atoms with Gasteiger partial charge in [-0.25, -0.2) is 9.97 Å². The molecular weight excluding hydrogens is 309 g/mol. The van der Waals surface area contributed by atoms with Crippen LogP contribution in [0.4, 0.5) is 5.82 Å². The molecule has 2 aromatic rings. The minimum Gasteiger partial charge on any atom is -0.306 e. The quantitative estimate of drug-likeness (QED) is 0.673. The molecule has 0 radical (unpaired) electrons. The second kappa shape index (κ2) is 5.74. The highest BCUT2D eigenvalue weighted by atomic mass is 35.5. The van der Waals surface area contributed by atoms with E-state index < -0.39 is 0 Å². The van der Waals surface area contributed by atoms with Crippen molar-refractivity contribution in [3.63, 3.8) is 0 Å². The normalized spacial score (nSPS) is 10.3. The van der Waals surface area contributed by atoms with Gasteiger partial charge in [0.15, 0.2) is 0 Å². The Balaban J connectivity index is 2.22. The topological polar surface area (TPSA) is 54.9 Å². The van der Waals surface area contributed by atoms with E-state index in [4.69, 9.17) is 34.8 Å². The number of nitrogens with zero attached hydrogens (tertiary/aromatic N) is 2. The fraction of sp³-hybridized carbons (Fsp3) is 0.0833. The third-order valence-electron chi connectivity index (χ3n) is 2.33. The molecule has 1 heterocycles. The van der Waals surface area contributed by atoms with Gasteiger partial charge in [0.05, 0.1) is 0 Å². The van der Waals surface area contributed by atoms with Crippen LogP contribution >= 0.6 is 34.8 Å². The fourth-order valence-corrected chi connectivity index (χ4v) is 1.95. The Bertz CT molecular complexity index is 626. The number of aromatic nitrogens is 2. The smallest absolute Gasteiger partial charge is 0.256 e. The maximum absolute atomic E-state index is 12.0. The van der Waals surface area contributed by atoms with Gasteiger partial charge in [0.2, 0.25) is 5.28 Å². The zero-order chi connectivity index (χ0) is 14.0. The highest BCUT2D eigenvalue weighted by molar-refractivity contribution is 6.32. The molecule has 98 valence electrons. The molecule has 0 spiro atoms. The molecule has 0 saturated heterocycles. The SMILES string of the molecule is Cc1cc(C(=O)Nc2cc(Cl)nc(Cl)n2)ccc1Cl. The monoisotopic (exact) mass is 315 g/mol. The summed E-state index contributed by atoms with van der Waals surface area (Å²) in [6.07, 6.45) is 0. The lowest BCUT2D eigenvalue weighted by molar-refractivity contribution is 0.102. The van der Waals surface area contributed by atoms with E-state index in [9.17, 15) is 4.79 Å². The van der Waals surface area contributed by atoms with Gasteiger partial charge in [-0.15, -0.1) is 0 Å². The van der Waals surface area contributed by atoms with Crippen LogP contribution in [-0.4, -0.2) is 15.9 Å². The van der Waals surface area contributed by atoms with Crippen LogP contribution in [0.3, 0.4) is 0 Å². The van der Waals surface area contributed by atoms with Crippen molar-refractivity contribution in [2.75, 3.05) is 5.32 Å². The van der Waals surface area contributed by atoms with Crippen molar-refractivity contribution >= 4 is 46.5 Å². The van der Waals surface area contributed by atoms with Gasteiger partial charge in [-0.1, -0.05) is 23.2 Å². The lowest BCUT2D eigenvalue weighted by atomic mass is 10.1. The van der Waals surface area contributed by atoms with E-state index in [0.29, 0.717) is 10.6 Å². The van der Waals surface area contributed by atoms with Crippen molar-refractivity contribution in [1.82, 2.24) is 9.97 Å². The minimum atomic E-state index is -0.328. The molecule has 2 rings (SSSR count). The second-order valence-electron chi connectivity index (χ2n) is 3.76. The third kappa shape index (κ3) is 3.56. The highest BCUT2D eigenvalue weighted by Gasteiger charge is 2.09. The summed E-state index contributed by atoms with van der Waals surface area (Å²) >= 11 is 17.3. The molecule has 0 aliphatic rings. The van der Waals surface area contributed by atoms with Crippen molar-refractivity contribution < 1.29 is 4.79 Å². The predicted molar refractivity (Wildman–Crippen MR) is 76.2 cm³/mol. The van der Waals surface area contributed by atoms with E-state index in [1.54, 1.807) is 18.2 Å². The number of nitrogens with one attached hydrogen (secondary N) is 1. The van der Waals surface area contributed by atoms with E-state index >= 15 is 0 Å². The minimum absolute atomic E-state index is 0.0323. The lowest BCUT2D eigenvalue weighted by Crippen LogP contribution is -2.13. The van der Waals surface area contributed by atoms with Gasteiger partial charge < -0.3 is 5.32 Å². The van der Waals surface area contributed by atoms with Crippen LogP contribution < -0.4 is 5.32 Å². The molecule has 0 bridgehead atoms. The second-order valence-corrected chi connectivity index (χ2v) is 4.90. The molecule has 0 fully saturated rings. The molecule has 0 aliphatic carbocycles. The Morgan fingerprint density at radius 1 is 1.16 bits per heavy atom. The van der Waals surface area contributed by atoms with Crippen molar-refractivity contribution in [1.29, 1.82) is 0 Å². The Labute approximate surface area is 124 Å². The fourth-order valence-electron chi connectivity index (χ4n) is 1.43. The summed E-state index contributed by atoms with van der Waals surface area (Å²) in [6.45, 7) is 1.82. The van der Waals surface area contributed by atoms with Crippen molar-refractivity contribution in [2.45, 2.75) is 6.92 Å². The number of anilines is 1. The van der Waals surface area contributed by atoms with E-state index in [1.807, 2.05) is 6.92 Å². The summed E-state index contributed by atoms with van der Waals surface area (Å²) in [6, 6.07) is 6.37. The maximum atomic E-state index is 12.0. The summed E-state index contributed by atoms with van der Waals surface area (Å²) in [5, 5.41) is 3.31. The highest BCUT2D eigenvalue weighted by Crippen LogP contribution is 2.18. The van der Waals surface area contributed by atoms with Crippen LogP contribution in [0.1, 0.15) is 15.9 Å². The number of hydrogen-bond acceptors (Lipinski definition) is 3. The average Bonchev–Trinajstić information content (AvgIpc) is 2.31. The Kier molecular flexibility index (Phi) is 4.24. The lowest BCUT2D eigenvalue weighted by Gasteiger charge is -2.06. The Morgan fingerprint density at radius 3 is 2.53 bits per heavy atom. The molecule has 0 aliphatic heterocycles. The summed E-state index contributed by atoms with van der Waals surface area (Å²) in [7, 11) is 0. The number of carbonyl (C=O) groups excluding carboxylic acids is 1. The maximum Gasteiger partial charge on any atom is 0.256 e. The molecule has 1 amide bonds. The molecule has 1 aromatic carbocycles. The van der Waals surface area contributed by atoms with E-state index in [-0.39, 0.29) is 22.2 Å². The molecule has 19 heavy (non-hydrogen) atoms. The number of rotatable bonds is 2. The van der Waals surface area contributed by atoms with Gasteiger partial charge >= 0.3 is 0 Å². The third-order valence-corrected chi connectivity index (χ3v) is 3.12. The van der Waals surface area contributed by atoms with Crippen molar-refractivity contribution in [3.05, 3.63) is 50.9 Å². The van der Waals surface area contributed by atoms with Crippen LogP contribution in [-0.2, 0) is 0 Å². The molecule has 0 unspecified atom stereocenters. The van der Waals surface area contributed by atoms with Crippen LogP contribution in [0.5, 0.6) is 0 Å². The molecule has 0 atom stereocenters. The molecule has 4 nitrogen and oxygen atoms in total.